The van der Waals surface area contributed by atoms with Crippen molar-refractivity contribution in [2.45, 2.75) is 13.5 Å². The molecule has 0 unspecified atom stereocenters. The maximum Gasteiger partial charge on any atom is 0.140 e. The number of benzene rings is 1. The Morgan fingerprint density at radius 3 is 2.67 bits per heavy atom. The first-order chi connectivity index (χ1) is 7.24. The maximum atomic E-state index is 5.59. The summed E-state index contributed by atoms with van der Waals surface area (Å²) in [4.78, 5) is 4.33. The molecule has 0 radical (unpaired) electrons. The SMILES string of the molecule is Cc1csc(COc2ccc(Br)cc2)n1. The van der Waals surface area contributed by atoms with E-state index >= 15 is 0 Å². The Bertz CT molecular complexity index is 438. The first-order valence-electron chi connectivity index (χ1n) is 4.53. The Balaban J connectivity index is 1.96. The monoisotopic (exact) mass is 283 g/mol. The molecule has 4 heteroatoms. The quantitative estimate of drug-likeness (QED) is 0.855. The van der Waals surface area contributed by atoms with Crippen LogP contribution < -0.4 is 4.74 Å². The van der Waals surface area contributed by atoms with Crippen molar-refractivity contribution in [3.63, 3.8) is 0 Å². The lowest BCUT2D eigenvalue weighted by molar-refractivity contribution is 0.305. The van der Waals surface area contributed by atoms with Crippen molar-refractivity contribution >= 4 is 27.3 Å². The summed E-state index contributed by atoms with van der Waals surface area (Å²) >= 11 is 5.01. The Kier molecular flexibility index (Phi) is 3.38. The van der Waals surface area contributed by atoms with Crippen LogP contribution in [-0.2, 0) is 6.61 Å². The topological polar surface area (TPSA) is 22.1 Å². The van der Waals surface area contributed by atoms with Gasteiger partial charge < -0.3 is 4.74 Å². The third kappa shape index (κ3) is 3.04. The summed E-state index contributed by atoms with van der Waals surface area (Å²) in [6.45, 7) is 2.53. The highest BCUT2D eigenvalue weighted by Crippen LogP contribution is 2.18. The predicted octanol–water partition coefficient (Wildman–Crippen LogP) is 3.79. The number of ether oxygens (including phenoxy) is 1. The normalized spacial score (nSPS) is 10.3. The smallest absolute Gasteiger partial charge is 0.140 e. The molecular weight excluding hydrogens is 274 g/mol. The highest BCUT2D eigenvalue weighted by Gasteiger charge is 1.99. The lowest BCUT2D eigenvalue weighted by Crippen LogP contribution is -1.94. The molecule has 0 N–H and O–H groups in total. The Morgan fingerprint density at radius 1 is 1.33 bits per heavy atom. The van der Waals surface area contributed by atoms with Crippen LogP contribution in [0.3, 0.4) is 0 Å². The second-order valence-electron chi connectivity index (χ2n) is 3.13. The molecule has 2 rings (SSSR count). The lowest BCUT2D eigenvalue weighted by atomic mass is 10.3. The van der Waals surface area contributed by atoms with Gasteiger partial charge >= 0.3 is 0 Å². The van der Waals surface area contributed by atoms with E-state index in [4.69, 9.17) is 4.74 Å². The molecule has 1 aromatic heterocycles. The molecule has 0 atom stereocenters. The van der Waals surface area contributed by atoms with Crippen LogP contribution in [0.4, 0.5) is 0 Å². The number of thiazole rings is 1. The van der Waals surface area contributed by atoms with Gasteiger partial charge in [-0.05, 0) is 31.2 Å². The Hall–Kier alpha value is -0.870. The number of hydrogen-bond donors (Lipinski definition) is 0. The van der Waals surface area contributed by atoms with Crippen LogP contribution in [0.1, 0.15) is 10.7 Å². The Morgan fingerprint density at radius 2 is 2.07 bits per heavy atom. The number of halogens is 1. The minimum absolute atomic E-state index is 0.542. The van der Waals surface area contributed by atoms with Gasteiger partial charge in [-0.15, -0.1) is 11.3 Å². The van der Waals surface area contributed by atoms with Crippen molar-refractivity contribution in [3.05, 3.63) is 44.8 Å². The van der Waals surface area contributed by atoms with Gasteiger partial charge in [0, 0.05) is 15.5 Å². The first kappa shape index (κ1) is 10.6. The van der Waals surface area contributed by atoms with Crippen LogP contribution in [-0.4, -0.2) is 4.98 Å². The second-order valence-corrected chi connectivity index (χ2v) is 4.98. The van der Waals surface area contributed by atoms with Gasteiger partial charge in [0.25, 0.3) is 0 Å². The van der Waals surface area contributed by atoms with Crippen LogP contribution in [0.15, 0.2) is 34.1 Å². The van der Waals surface area contributed by atoms with Crippen molar-refractivity contribution in [2.24, 2.45) is 0 Å². The fraction of sp³-hybridized carbons (Fsp3) is 0.182. The van der Waals surface area contributed by atoms with Crippen molar-refractivity contribution in [1.29, 1.82) is 0 Å². The van der Waals surface area contributed by atoms with Crippen LogP contribution in [0.25, 0.3) is 0 Å². The van der Waals surface area contributed by atoms with E-state index in [0.29, 0.717) is 6.61 Å². The third-order valence-corrected chi connectivity index (χ3v) is 3.31. The van der Waals surface area contributed by atoms with Gasteiger partial charge in [0.2, 0.25) is 0 Å². The third-order valence-electron chi connectivity index (χ3n) is 1.84. The molecule has 0 aliphatic carbocycles. The molecule has 0 fully saturated rings. The van der Waals surface area contributed by atoms with E-state index in [1.165, 1.54) is 0 Å². The van der Waals surface area contributed by atoms with Gasteiger partial charge in [0.05, 0.1) is 0 Å². The number of aryl methyl sites for hydroxylation is 1. The van der Waals surface area contributed by atoms with Gasteiger partial charge in [0.15, 0.2) is 0 Å². The molecule has 0 bridgehead atoms. The molecule has 0 aliphatic rings. The second kappa shape index (κ2) is 4.77. The van der Waals surface area contributed by atoms with Crippen LogP contribution in [0.5, 0.6) is 5.75 Å². The lowest BCUT2D eigenvalue weighted by Gasteiger charge is -2.03. The van der Waals surface area contributed by atoms with Crippen LogP contribution >= 0.6 is 27.3 Å². The standard InChI is InChI=1S/C11H10BrNOS/c1-8-7-15-11(13-8)6-14-10-4-2-9(12)3-5-10/h2-5,7H,6H2,1H3. The number of hydrogen-bond acceptors (Lipinski definition) is 3. The van der Waals surface area contributed by atoms with Crippen LogP contribution in [0.2, 0.25) is 0 Å². The highest BCUT2D eigenvalue weighted by molar-refractivity contribution is 9.10. The highest BCUT2D eigenvalue weighted by atomic mass is 79.9. The number of rotatable bonds is 3. The average Bonchev–Trinajstić information content (AvgIpc) is 2.64. The molecular formula is C11H10BrNOS. The zero-order chi connectivity index (χ0) is 10.7. The van der Waals surface area contributed by atoms with E-state index < -0.39 is 0 Å². The van der Waals surface area contributed by atoms with Crippen LogP contribution in [0, 0.1) is 6.92 Å². The molecule has 78 valence electrons. The minimum atomic E-state index is 0.542. The van der Waals surface area contributed by atoms with Gasteiger partial charge in [-0.3, -0.25) is 0 Å². The van der Waals surface area contributed by atoms with Crippen molar-refractivity contribution in [1.82, 2.24) is 4.98 Å². The van der Waals surface area contributed by atoms with Gasteiger partial charge in [0.1, 0.15) is 17.4 Å². The van der Waals surface area contributed by atoms with E-state index in [0.717, 1.165) is 20.9 Å². The van der Waals surface area contributed by atoms with E-state index in [2.05, 4.69) is 20.9 Å². The van der Waals surface area contributed by atoms with E-state index in [9.17, 15) is 0 Å². The molecule has 2 nitrogen and oxygen atoms in total. The largest absolute Gasteiger partial charge is 0.486 e. The molecule has 1 aromatic carbocycles. The molecule has 15 heavy (non-hydrogen) atoms. The average molecular weight is 284 g/mol. The molecule has 1 heterocycles. The summed E-state index contributed by atoms with van der Waals surface area (Å²) in [5.41, 5.74) is 1.05. The fourth-order valence-electron chi connectivity index (χ4n) is 1.14. The maximum absolute atomic E-state index is 5.59. The van der Waals surface area contributed by atoms with Crippen molar-refractivity contribution in [2.75, 3.05) is 0 Å². The summed E-state index contributed by atoms with van der Waals surface area (Å²) in [5.74, 6) is 0.867. The molecule has 2 aromatic rings. The molecule has 0 saturated heterocycles. The summed E-state index contributed by atoms with van der Waals surface area (Å²) in [6.07, 6.45) is 0. The summed E-state index contributed by atoms with van der Waals surface area (Å²) in [6, 6.07) is 7.79. The summed E-state index contributed by atoms with van der Waals surface area (Å²) in [7, 11) is 0. The molecule has 0 aliphatic heterocycles. The molecule has 0 saturated carbocycles. The molecule has 0 amide bonds. The first-order valence-corrected chi connectivity index (χ1v) is 6.21. The number of nitrogens with zero attached hydrogens (tertiary/aromatic N) is 1. The summed E-state index contributed by atoms with van der Waals surface area (Å²) in [5, 5.41) is 3.04. The van der Waals surface area contributed by atoms with Gasteiger partial charge in [-0.25, -0.2) is 4.98 Å². The number of aromatic nitrogens is 1. The van der Waals surface area contributed by atoms with E-state index in [1.807, 2.05) is 36.6 Å². The zero-order valence-corrected chi connectivity index (χ0v) is 10.6. The van der Waals surface area contributed by atoms with E-state index in [-0.39, 0.29) is 0 Å². The zero-order valence-electron chi connectivity index (χ0n) is 8.24. The van der Waals surface area contributed by atoms with Gasteiger partial charge in [-0.1, -0.05) is 15.9 Å². The fourth-order valence-corrected chi connectivity index (χ4v) is 2.09. The minimum Gasteiger partial charge on any atom is -0.486 e. The van der Waals surface area contributed by atoms with Crippen molar-refractivity contribution < 1.29 is 4.74 Å². The van der Waals surface area contributed by atoms with Crippen molar-refractivity contribution in [3.8, 4) is 5.75 Å². The Labute approximate surface area is 101 Å². The predicted molar refractivity (Wildman–Crippen MR) is 65.3 cm³/mol. The molecule has 0 spiro atoms. The van der Waals surface area contributed by atoms with E-state index in [1.54, 1.807) is 11.3 Å². The summed E-state index contributed by atoms with van der Waals surface area (Å²) < 4.78 is 6.64. The van der Waals surface area contributed by atoms with Gasteiger partial charge in [-0.2, -0.15) is 0 Å².